The number of anilines is 1. The van der Waals surface area contributed by atoms with Crippen LogP contribution in [0.4, 0.5) is 5.69 Å². The highest BCUT2D eigenvalue weighted by atomic mass is 16.5. The fraction of sp³-hybridized carbons (Fsp3) is 0.381. The average molecular weight is 379 g/mol. The Morgan fingerprint density at radius 1 is 1.29 bits per heavy atom. The van der Waals surface area contributed by atoms with Gasteiger partial charge in [-0.1, -0.05) is 19.1 Å². The summed E-state index contributed by atoms with van der Waals surface area (Å²) >= 11 is 0. The van der Waals surface area contributed by atoms with Gasteiger partial charge >= 0.3 is 0 Å². The van der Waals surface area contributed by atoms with Gasteiger partial charge in [0.1, 0.15) is 5.65 Å². The molecule has 1 fully saturated rings. The molecule has 0 aliphatic heterocycles. The van der Waals surface area contributed by atoms with Crippen LogP contribution in [0.25, 0.3) is 11.0 Å². The van der Waals surface area contributed by atoms with Crippen molar-refractivity contribution >= 4 is 22.6 Å². The number of hydrogen-bond acceptors (Lipinski definition) is 5. The molecule has 2 aromatic heterocycles. The Labute approximate surface area is 163 Å². The minimum absolute atomic E-state index is 0.145. The normalized spacial score (nSPS) is 15.0. The number of ether oxygens (including phenoxy) is 1. The van der Waals surface area contributed by atoms with E-state index in [1.165, 1.54) is 5.56 Å². The first-order valence-electron chi connectivity index (χ1n) is 9.52. The number of amides is 1. The minimum atomic E-state index is -0.339. The van der Waals surface area contributed by atoms with Crippen molar-refractivity contribution in [3.05, 3.63) is 53.1 Å². The van der Waals surface area contributed by atoms with Crippen LogP contribution in [0.5, 0.6) is 0 Å². The third-order valence-corrected chi connectivity index (χ3v) is 5.36. The van der Waals surface area contributed by atoms with Crippen molar-refractivity contribution in [2.75, 3.05) is 19.0 Å². The third kappa shape index (κ3) is 3.50. The monoisotopic (exact) mass is 379 g/mol. The largest absolute Gasteiger partial charge is 0.380 e. The second-order valence-corrected chi connectivity index (χ2v) is 7.60. The molecule has 7 nitrogen and oxygen atoms in total. The molecule has 0 unspecified atom stereocenters. The first-order chi connectivity index (χ1) is 13.5. The number of benzene rings is 1. The molecule has 1 aromatic carbocycles. The maximum absolute atomic E-state index is 12.7. The second kappa shape index (κ2) is 7.33. The van der Waals surface area contributed by atoms with Crippen molar-refractivity contribution in [2.45, 2.75) is 38.2 Å². The molecule has 1 amide bonds. The van der Waals surface area contributed by atoms with Gasteiger partial charge in [0.15, 0.2) is 0 Å². The van der Waals surface area contributed by atoms with E-state index in [0.717, 1.165) is 29.5 Å². The number of nitrogens with zero attached hydrogens (tertiary/aromatic N) is 2. The number of nitrogens with two attached hydrogens (primary N) is 1. The number of nitrogens with one attached hydrogen (secondary N) is 2. The lowest BCUT2D eigenvalue weighted by molar-refractivity contribution is 0.101. The minimum Gasteiger partial charge on any atom is -0.380 e. The summed E-state index contributed by atoms with van der Waals surface area (Å²) in [5, 5.41) is 3.88. The lowest BCUT2D eigenvalue weighted by atomic mass is 9.97. The Balaban J connectivity index is 1.63. The topological polar surface area (TPSA) is 106 Å². The summed E-state index contributed by atoms with van der Waals surface area (Å²) in [5.74, 6) is -0.195. The van der Waals surface area contributed by atoms with Gasteiger partial charge in [-0.05, 0) is 48.1 Å². The van der Waals surface area contributed by atoms with E-state index in [0.29, 0.717) is 30.9 Å². The first kappa shape index (κ1) is 18.6. The van der Waals surface area contributed by atoms with Crippen LogP contribution in [0.15, 0.2) is 30.5 Å². The molecule has 0 bridgehead atoms. The van der Waals surface area contributed by atoms with Crippen LogP contribution < -0.4 is 11.1 Å². The van der Waals surface area contributed by atoms with Crippen molar-refractivity contribution in [3.8, 4) is 0 Å². The maximum atomic E-state index is 12.7. The molecule has 2 heterocycles. The predicted molar refractivity (Wildman–Crippen MR) is 108 cm³/mol. The van der Waals surface area contributed by atoms with Crippen LogP contribution >= 0.6 is 0 Å². The molecule has 4 N–H and O–H groups in total. The molecule has 4 rings (SSSR count). The summed E-state index contributed by atoms with van der Waals surface area (Å²) in [5.41, 5.74) is 10.5. The molecular weight excluding hydrogens is 354 g/mol. The Morgan fingerprint density at radius 2 is 2.04 bits per heavy atom. The van der Waals surface area contributed by atoms with Crippen molar-refractivity contribution in [3.63, 3.8) is 0 Å². The molecule has 7 heteroatoms. The molecule has 0 radical (unpaired) electrons. The van der Waals surface area contributed by atoms with Gasteiger partial charge in [0.05, 0.1) is 12.3 Å². The highest BCUT2D eigenvalue weighted by Gasteiger charge is 2.41. The van der Waals surface area contributed by atoms with E-state index in [9.17, 15) is 4.79 Å². The van der Waals surface area contributed by atoms with E-state index in [1.807, 2.05) is 30.5 Å². The van der Waals surface area contributed by atoms with Crippen LogP contribution in [-0.2, 0) is 23.2 Å². The van der Waals surface area contributed by atoms with Crippen LogP contribution in [0.3, 0.4) is 0 Å². The number of aromatic amines is 1. The third-order valence-electron chi connectivity index (χ3n) is 5.36. The molecular formula is C21H25N5O2. The number of hydrogen-bond donors (Lipinski definition) is 3. The number of carbonyl (C=O) groups excluding carboxylic acids is 1. The van der Waals surface area contributed by atoms with E-state index in [4.69, 9.17) is 10.5 Å². The average Bonchev–Trinajstić information content (AvgIpc) is 3.27. The summed E-state index contributed by atoms with van der Waals surface area (Å²) in [6, 6.07) is 7.51. The fourth-order valence-corrected chi connectivity index (χ4v) is 3.50. The Bertz CT molecular complexity index is 1010. The Kier molecular flexibility index (Phi) is 4.87. The van der Waals surface area contributed by atoms with Crippen LogP contribution in [0.1, 0.15) is 47.2 Å². The number of H-pyrrole nitrogens is 1. The zero-order chi connectivity index (χ0) is 19.7. The molecule has 1 saturated carbocycles. The summed E-state index contributed by atoms with van der Waals surface area (Å²) in [7, 11) is 1.65. The molecule has 0 saturated heterocycles. The summed E-state index contributed by atoms with van der Waals surface area (Å²) < 4.78 is 5.10. The smallest absolute Gasteiger partial charge is 0.293 e. The SMILES string of the molecule is COCc1ccc(NC(=O)c2nc(CCN)c3c(C4(C)CC4)c[nH]c3n2)cc1. The van der Waals surface area contributed by atoms with Crippen molar-refractivity contribution in [2.24, 2.45) is 5.73 Å². The number of methoxy groups -OCH3 is 1. The predicted octanol–water partition coefficient (Wildman–Crippen LogP) is 2.91. The van der Waals surface area contributed by atoms with Gasteiger partial charge in [-0.3, -0.25) is 4.79 Å². The van der Waals surface area contributed by atoms with Crippen LogP contribution in [-0.4, -0.2) is 34.5 Å². The lowest BCUT2D eigenvalue weighted by Crippen LogP contribution is -2.18. The summed E-state index contributed by atoms with van der Waals surface area (Å²) in [6.45, 7) is 3.25. The second-order valence-electron chi connectivity index (χ2n) is 7.60. The fourth-order valence-electron chi connectivity index (χ4n) is 3.50. The quantitative estimate of drug-likeness (QED) is 0.585. The number of carbonyl (C=O) groups is 1. The van der Waals surface area contributed by atoms with Gasteiger partial charge in [0.2, 0.25) is 5.82 Å². The maximum Gasteiger partial charge on any atom is 0.293 e. The molecule has 1 aliphatic carbocycles. The number of aromatic nitrogens is 3. The zero-order valence-electron chi connectivity index (χ0n) is 16.2. The summed E-state index contributed by atoms with van der Waals surface area (Å²) in [6.07, 6.45) is 4.92. The van der Waals surface area contributed by atoms with E-state index in [1.54, 1.807) is 7.11 Å². The lowest BCUT2D eigenvalue weighted by Gasteiger charge is -2.11. The highest BCUT2D eigenvalue weighted by Crippen LogP contribution is 2.50. The van der Waals surface area contributed by atoms with Gasteiger partial charge in [0, 0.05) is 30.8 Å². The molecule has 0 atom stereocenters. The number of rotatable bonds is 7. The standard InChI is InChI=1S/C21H25N5O2/c1-21(8-9-21)15-11-23-18-17(15)16(7-10-22)25-19(26-18)20(27)24-14-5-3-13(4-6-14)12-28-2/h3-6,11H,7-10,12,22H2,1-2H3,(H,24,27)(H,23,25,26). The molecule has 28 heavy (non-hydrogen) atoms. The van der Waals surface area contributed by atoms with Gasteiger partial charge in [0.25, 0.3) is 5.91 Å². The van der Waals surface area contributed by atoms with E-state index >= 15 is 0 Å². The van der Waals surface area contributed by atoms with Crippen LogP contribution in [0.2, 0.25) is 0 Å². The Hall–Kier alpha value is -2.77. The number of fused-ring (bicyclic) bond motifs is 1. The van der Waals surface area contributed by atoms with Crippen LogP contribution in [0, 0.1) is 0 Å². The van der Waals surface area contributed by atoms with E-state index in [-0.39, 0.29) is 17.1 Å². The van der Waals surface area contributed by atoms with Gasteiger partial charge in [-0.2, -0.15) is 0 Å². The first-order valence-corrected chi connectivity index (χ1v) is 9.52. The molecule has 0 spiro atoms. The zero-order valence-corrected chi connectivity index (χ0v) is 16.2. The molecule has 146 valence electrons. The Morgan fingerprint density at radius 3 is 2.68 bits per heavy atom. The van der Waals surface area contributed by atoms with Crippen molar-refractivity contribution in [1.82, 2.24) is 15.0 Å². The van der Waals surface area contributed by atoms with Crippen molar-refractivity contribution < 1.29 is 9.53 Å². The molecule has 1 aliphatic rings. The van der Waals surface area contributed by atoms with Gasteiger partial charge in [-0.25, -0.2) is 9.97 Å². The molecule has 3 aromatic rings. The van der Waals surface area contributed by atoms with Crippen molar-refractivity contribution in [1.29, 1.82) is 0 Å². The van der Waals surface area contributed by atoms with Gasteiger partial charge < -0.3 is 20.8 Å². The highest BCUT2D eigenvalue weighted by molar-refractivity contribution is 6.02. The van der Waals surface area contributed by atoms with Gasteiger partial charge in [-0.15, -0.1) is 0 Å². The summed E-state index contributed by atoms with van der Waals surface area (Å²) in [4.78, 5) is 25.0. The van der Waals surface area contributed by atoms with E-state index < -0.39 is 0 Å². The van der Waals surface area contributed by atoms with E-state index in [2.05, 4.69) is 27.2 Å².